The maximum atomic E-state index is 12.2. The van der Waals surface area contributed by atoms with Gasteiger partial charge in [-0.2, -0.15) is 0 Å². The van der Waals surface area contributed by atoms with Crippen LogP contribution >= 0.6 is 11.3 Å². The molecule has 0 aromatic carbocycles. The van der Waals surface area contributed by atoms with E-state index >= 15 is 0 Å². The standard InChI is InChI=1S/C16H27N3OS/c1-3-14(4-2)12-17-16(20)19-9-7-18(8-10-19)13-15-6-5-11-21-15/h5-6,11,14H,3-4,7-10,12-13H2,1-2H3,(H,17,20). The van der Waals surface area contributed by atoms with Gasteiger partial charge in [0.2, 0.25) is 0 Å². The Balaban J connectivity index is 1.69. The monoisotopic (exact) mass is 309 g/mol. The summed E-state index contributed by atoms with van der Waals surface area (Å²) >= 11 is 1.81. The van der Waals surface area contributed by atoms with Crippen LogP contribution in [0.3, 0.4) is 0 Å². The largest absolute Gasteiger partial charge is 0.338 e. The van der Waals surface area contributed by atoms with Crippen molar-refractivity contribution in [1.82, 2.24) is 15.1 Å². The SMILES string of the molecule is CCC(CC)CNC(=O)N1CCN(Cc2cccs2)CC1. The zero-order chi connectivity index (χ0) is 15.1. The summed E-state index contributed by atoms with van der Waals surface area (Å²) in [6, 6.07) is 4.39. The fourth-order valence-electron chi connectivity index (χ4n) is 2.65. The zero-order valence-corrected chi connectivity index (χ0v) is 14.0. The first-order valence-corrected chi connectivity index (χ1v) is 8.88. The highest BCUT2D eigenvalue weighted by Gasteiger charge is 2.21. The normalized spacial score (nSPS) is 16.4. The number of amides is 2. The molecule has 0 radical (unpaired) electrons. The molecule has 4 nitrogen and oxygen atoms in total. The van der Waals surface area contributed by atoms with Gasteiger partial charge in [0.25, 0.3) is 0 Å². The third kappa shape index (κ3) is 5.00. The predicted molar refractivity (Wildman–Crippen MR) is 88.6 cm³/mol. The van der Waals surface area contributed by atoms with Crippen LogP contribution in [0.1, 0.15) is 31.6 Å². The number of piperazine rings is 1. The molecule has 21 heavy (non-hydrogen) atoms. The van der Waals surface area contributed by atoms with Crippen molar-refractivity contribution in [3.05, 3.63) is 22.4 Å². The fourth-order valence-corrected chi connectivity index (χ4v) is 3.40. The van der Waals surface area contributed by atoms with Gasteiger partial charge in [-0.25, -0.2) is 4.79 Å². The van der Waals surface area contributed by atoms with Gasteiger partial charge in [-0.05, 0) is 17.4 Å². The molecule has 0 atom stereocenters. The first-order valence-electron chi connectivity index (χ1n) is 8.00. The van der Waals surface area contributed by atoms with Gasteiger partial charge in [0.15, 0.2) is 0 Å². The second-order valence-electron chi connectivity index (χ2n) is 5.71. The average molecular weight is 309 g/mol. The van der Waals surface area contributed by atoms with E-state index in [0.29, 0.717) is 5.92 Å². The quantitative estimate of drug-likeness (QED) is 0.877. The van der Waals surface area contributed by atoms with Crippen LogP contribution in [0.5, 0.6) is 0 Å². The molecule has 5 heteroatoms. The molecule has 2 rings (SSSR count). The van der Waals surface area contributed by atoms with Gasteiger partial charge in [0.05, 0.1) is 0 Å². The first kappa shape index (κ1) is 16.3. The van der Waals surface area contributed by atoms with Gasteiger partial charge in [0, 0.05) is 44.1 Å². The highest BCUT2D eigenvalue weighted by molar-refractivity contribution is 7.09. The first-order chi connectivity index (χ1) is 10.2. The predicted octanol–water partition coefficient (Wildman–Crippen LogP) is 3.01. The Bertz CT molecular complexity index is 409. The fraction of sp³-hybridized carbons (Fsp3) is 0.688. The van der Waals surface area contributed by atoms with Gasteiger partial charge in [0.1, 0.15) is 0 Å². The van der Waals surface area contributed by atoms with Crippen LogP contribution in [-0.4, -0.2) is 48.6 Å². The number of nitrogens with one attached hydrogen (secondary N) is 1. The Morgan fingerprint density at radius 2 is 2.00 bits per heavy atom. The van der Waals surface area contributed by atoms with Gasteiger partial charge in [-0.1, -0.05) is 32.8 Å². The number of thiophene rings is 1. The summed E-state index contributed by atoms with van der Waals surface area (Å²) < 4.78 is 0. The lowest BCUT2D eigenvalue weighted by Gasteiger charge is -2.34. The summed E-state index contributed by atoms with van der Waals surface area (Å²) in [5.74, 6) is 0.606. The maximum absolute atomic E-state index is 12.2. The Labute approximate surface area is 132 Å². The van der Waals surface area contributed by atoms with Crippen molar-refractivity contribution in [2.24, 2.45) is 5.92 Å². The molecule has 0 spiro atoms. The highest BCUT2D eigenvalue weighted by atomic mass is 32.1. The molecule has 1 aromatic heterocycles. The molecular formula is C16H27N3OS. The highest BCUT2D eigenvalue weighted by Crippen LogP contribution is 2.13. The third-order valence-electron chi connectivity index (χ3n) is 4.32. The Morgan fingerprint density at radius 1 is 1.29 bits per heavy atom. The van der Waals surface area contributed by atoms with E-state index in [-0.39, 0.29) is 6.03 Å². The zero-order valence-electron chi connectivity index (χ0n) is 13.2. The summed E-state index contributed by atoms with van der Waals surface area (Å²) in [4.78, 5) is 17.9. The maximum Gasteiger partial charge on any atom is 0.317 e. The molecule has 0 aliphatic carbocycles. The molecule has 0 bridgehead atoms. The van der Waals surface area contributed by atoms with E-state index in [0.717, 1.165) is 52.1 Å². The van der Waals surface area contributed by atoms with Crippen LogP contribution in [0.4, 0.5) is 4.79 Å². The number of rotatable bonds is 6. The molecule has 0 unspecified atom stereocenters. The van der Waals surface area contributed by atoms with Gasteiger partial charge in [-0.15, -0.1) is 11.3 Å². The molecule has 1 aliphatic rings. The van der Waals surface area contributed by atoms with E-state index in [9.17, 15) is 4.79 Å². The summed E-state index contributed by atoms with van der Waals surface area (Å²) in [7, 11) is 0. The second kappa shape index (κ2) is 8.39. The molecule has 0 saturated carbocycles. The van der Waals surface area contributed by atoms with E-state index in [2.05, 4.69) is 41.6 Å². The van der Waals surface area contributed by atoms with Crippen LogP contribution in [0.15, 0.2) is 17.5 Å². The average Bonchev–Trinajstić information content (AvgIpc) is 3.02. The number of hydrogen-bond donors (Lipinski definition) is 1. The summed E-state index contributed by atoms with van der Waals surface area (Å²) in [6.07, 6.45) is 2.26. The molecule has 1 fully saturated rings. The van der Waals surface area contributed by atoms with Crippen LogP contribution < -0.4 is 5.32 Å². The van der Waals surface area contributed by atoms with Crippen LogP contribution in [-0.2, 0) is 6.54 Å². The van der Waals surface area contributed by atoms with Crippen molar-refractivity contribution in [3.8, 4) is 0 Å². The van der Waals surface area contributed by atoms with Gasteiger partial charge < -0.3 is 10.2 Å². The smallest absolute Gasteiger partial charge is 0.317 e. The molecule has 1 aromatic rings. The van der Waals surface area contributed by atoms with Gasteiger partial charge in [-0.3, -0.25) is 4.90 Å². The Kier molecular flexibility index (Phi) is 6.51. The van der Waals surface area contributed by atoms with E-state index in [4.69, 9.17) is 0 Å². The Hall–Kier alpha value is -1.07. The number of carbonyl (C=O) groups excluding carboxylic acids is 1. The second-order valence-corrected chi connectivity index (χ2v) is 6.74. The number of hydrogen-bond acceptors (Lipinski definition) is 3. The number of carbonyl (C=O) groups is 1. The minimum absolute atomic E-state index is 0.109. The number of nitrogens with zero attached hydrogens (tertiary/aromatic N) is 2. The summed E-state index contributed by atoms with van der Waals surface area (Å²) in [5, 5.41) is 5.21. The molecule has 1 saturated heterocycles. The minimum Gasteiger partial charge on any atom is -0.338 e. The third-order valence-corrected chi connectivity index (χ3v) is 5.18. The van der Waals surface area contributed by atoms with Crippen molar-refractivity contribution >= 4 is 17.4 Å². The molecule has 1 N–H and O–H groups in total. The summed E-state index contributed by atoms with van der Waals surface area (Å²) in [6.45, 7) is 9.79. The molecule has 2 heterocycles. The lowest BCUT2D eigenvalue weighted by Crippen LogP contribution is -2.51. The van der Waals surface area contributed by atoms with Crippen molar-refractivity contribution in [3.63, 3.8) is 0 Å². The topological polar surface area (TPSA) is 35.6 Å². The minimum atomic E-state index is 0.109. The van der Waals surface area contributed by atoms with E-state index in [1.54, 1.807) is 11.3 Å². The molecule has 1 aliphatic heterocycles. The van der Waals surface area contributed by atoms with Crippen molar-refractivity contribution in [2.75, 3.05) is 32.7 Å². The van der Waals surface area contributed by atoms with Crippen LogP contribution in [0, 0.1) is 5.92 Å². The Morgan fingerprint density at radius 3 is 2.57 bits per heavy atom. The van der Waals surface area contributed by atoms with Crippen LogP contribution in [0.2, 0.25) is 0 Å². The number of urea groups is 1. The van der Waals surface area contributed by atoms with Crippen LogP contribution in [0.25, 0.3) is 0 Å². The lowest BCUT2D eigenvalue weighted by atomic mass is 10.0. The van der Waals surface area contributed by atoms with E-state index in [1.165, 1.54) is 4.88 Å². The molecule has 2 amide bonds. The van der Waals surface area contributed by atoms with Gasteiger partial charge >= 0.3 is 6.03 Å². The van der Waals surface area contributed by atoms with E-state index < -0.39 is 0 Å². The van der Waals surface area contributed by atoms with Crippen molar-refractivity contribution in [1.29, 1.82) is 0 Å². The van der Waals surface area contributed by atoms with Crippen molar-refractivity contribution in [2.45, 2.75) is 33.2 Å². The molecular weight excluding hydrogens is 282 g/mol. The van der Waals surface area contributed by atoms with E-state index in [1.807, 2.05) is 4.90 Å². The summed E-state index contributed by atoms with van der Waals surface area (Å²) in [5.41, 5.74) is 0. The molecule has 118 valence electrons. The lowest BCUT2D eigenvalue weighted by molar-refractivity contribution is 0.135. The van der Waals surface area contributed by atoms with Crippen molar-refractivity contribution < 1.29 is 4.79 Å².